The average molecular weight is 300 g/mol. The van der Waals surface area contributed by atoms with Crippen LogP contribution in [0.2, 0.25) is 0 Å². The minimum absolute atomic E-state index is 0.102. The summed E-state index contributed by atoms with van der Waals surface area (Å²) < 4.78 is 2.69. The molecule has 100 valence electrons. The number of aromatic amines is 1. The molecular weight excluding hydrogens is 288 g/mol. The molecule has 0 aliphatic carbocycles. The van der Waals surface area contributed by atoms with Crippen LogP contribution in [0.15, 0.2) is 29.8 Å². The Hall–Kier alpha value is -1.97. The number of nitrogens with zero attached hydrogens (tertiary/aromatic N) is 3. The van der Waals surface area contributed by atoms with Gasteiger partial charge in [-0.25, -0.2) is 4.98 Å². The molecule has 1 atom stereocenters. The summed E-state index contributed by atoms with van der Waals surface area (Å²) in [4.78, 5) is 7.56. The van der Waals surface area contributed by atoms with Crippen molar-refractivity contribution in [2.24, 2.45) is 0 Å². The number of hydrogen-bond donors (Lipinski definition) is 1. The zero-order chi connectivity index (χ0) is 14.1. The SMILES string of the molecule is CCC(c1nccs1)n1c(=S)[nH]c2c(C#N)cccc21. The summed E-state index contributed by atoms with van der Waals surface area (Å²) in [5, 5.41) is 12.2. The monoisotopic (exact) mass is 300 g/mol. The first-order chi connectivity index (χ1) is 9.76. The lowest BCUT2D eigenvalue weighted by molar-refractivity contribution is 0.572. The maximum Gasteiger partial charge on any atom is 0.178 e. The molecule has 2 aromatic heterocycles. The van der Waals surface area contributed by atoms with Gasteiger partial charge in [0, 0.05) is 11.6 Å². The van der Waals surface area contributed by atoms with E-state index >= 15 is 0 Å². The number of nitrogens with one attached hydrogen (secondary N) is 1. The number of nitriles is 1. The largest absolute Gasteiger partial charge is 0.329 e. The van der Waals surface area contributed by atoms with Crippen LogP contribution >= 0.6 is 23.6 Å². The van der Waals surface area contributed by atoms with Crippen molar-refractivity contribution in [1.82, 2.24) is 14.5 Å². The van der Waals surface area contributed by atoms with Gasteiger partial charge in [-0.2, -0.15) is 5.26 Å². The van der Waals surface area contributed by atoms with Crippen LogP contribution in [0, 0.1) is 16.1 Å². The molecule has 6 heteroatoms. The average Bonchev–Trinajstić information content (AvgIpc) is 3.08. The second-order valence-electron chi connectivity index (χ2n) is 4.41. The van der Waals surface area contributed by atoms with Crippen molar-refractivity contribution in [2.45, 2.75) is 19.4 Å². The molecule has 4 nitrogen and oxygen atoms in total. The predicted molar refractivity (Wildman–Crippen MR) is 82.4 cm³/mol. The Balaban J connectivity index is 2.29. The topological polar surface area (TPSA) is 57.4 Å². The first-order valence-electron chi connectivity index (χ1n) is 6.29. The lowest BCUT2D eigenvalue weighted by Gasteiger charge is -2.15. The molecule has 1 aromatic carbocycles. The summed E-state index contributed by atoms with van der Waals surface area (Å²) in [5.74, 6) is 0. The standard InChI is InChI=1S/C14H12N4S2/c1-2-10(13-16-6-7-20-13)18-11-5-3-4-9(8-15)12(11)17-14(18)19/h3-7,10H,2H2,1H3,(H,17,19). The van der Waals surface area contributed by atoms with Crippen LogP contribution in [0.3, 0.4) is 0 Å². The Bertz CT molecular complexity index is 836. The third-order valence-corrected chi connectivity index (χ3v) is 4.48. The summed E-state index contributed by atoms with van der Waals surface area (Å²) in [6.07, 6.45) is 2.70. The molecule has 0 aliphatic rings. The fourth-order valence-electron chi connectivity index (χ4n) is 2.42. The van der Waals surface area contributed by atoms with E-state index < -0.39 is 0 Å². The highest BCUT2D eigenvalue weighted by molar-refractivity contribution is 7.71. The molecule has 0 bridgehead atoms. The number of hydrogen-bond acceptors (Lipinski definition) is 4. The van der Waals surface area contributed by atoms with Crippen molar-refractivity contribution in [3.8, 4) is 6.07 Å². The molecule has 2 heterocycles. The summed E-state index contributed by atoms with van der Waals surface area (Å²) in [6.45, 7) is 2.11. The first-order valence-corrected chi connectivity index (χ1v) is 7.57. The van der Waals surface area contributed by atoms with E-state index in [0.717, 1.165) is 22.5 Å². The number of H-pyrrole nitrogens is 1. The highest BCUT2D eigenvalue weighted by Crippen LogP contribution is 2.29. The third-order valence-electron chi connectivity index (χ3n) is 3.31. The Morgan fingerprint density at radius 1 is 1.55 bits per heavy atom. The molecule has 1 unspecified atom stereocenters. The van der Waals surface area contributed by atoms with Gasteiger partial charge in [-0.05, 0) is 30.8 Å². The molecule has 3 rings (SSSR count). The van der Waals surface area contributed by atoms with Crippen LogP contribution in [0.4, 0.5) is 0 Å². The molecular formula is C14H12N4S2. The van der Waals surface area contributed by atoms with Gasteiger partial charge >= 0.3 is 0 Å². The zero-order valence-corrected chi connectivity index (χ0v) is 12.5. The van der Waals surface area contributed by atoms with Crippen LogP contribution in [0.1, 0.15) is 30.0 Å². The summed E-state index contributed by atoms with van der Waals surface area (Å²) in [7, 11) is 0. The number of rotatable bonds is 3. The number of aromatic nitrogens is 3. The lowest BCUT2D eigenvalue weighted by atomic mass is 10.2. The van der Waals surface area contributed by atoms with E-state index in [4.69, 9.17) is 12.2 Å². The molecule has 1 N–H and O–H groups in total. The number of benzene rings is 1. The minimum atomic E-state index is 0.102. The summed E-state index contributed by atoms with van der Waals surface area (Å²) in [6, 6.07) is 7.96. The van der Waals surface area contributed by atoms with Gasteiger partial charge in [-0.15, -0.1) is 11.3 Å². The quantitative estimate of drug-likeness (QED) is 0.743. The van der Waals surface area contributed by atoms with E-state index in [2.05, 4.69) is 27.5 Å². The molecule has 0 aliphatic heterocycles. The molecule has 0 spiro atoms. The van der Waals surface area contributed by atoms with Crippen molar-refractivity contribution < 1.29 is 0 Å². The highest BCUT2D eigenvalue weighted by atomic mass is 32.1. The van der Waals surface area contributed by atoms with Crippen molar-refractivity contribution >= 4 is 34.6 Å². The fraction of sp³-hybridized carbons (Fsp3) is 0.214. The van der Waals surface area contributed by atoms with E-state index in [1.54, 1.807) is 17.4 Å². The first kappa shape index (κ1) is 13.0. The smallest absolute Gasteiger partial charge is 0.178 e. The van der Waals surface area contributed by atoms with Gasteiger partial charge in [0.05, 0.1) is 22.6 Å². The number of fused-ring (bicyclic) bond motifs is 1. The van der Waals surface area contributed by atoms with E-state index in [1.165, 1.54) is 0 Å². The van der Waals surface area contributed by atoms with Crippen LogP contribution in [-0.4, -0.2) is 14.5 Å². The van der Waals surface area contributed by atoms with Gasteiger partial charge in [-0.3, -0.25) is 0 Å². The number of thiazole rings is 1. The van der Waals surface area contributed by atoms with Crippen molar-refractivity contribution in [3.05, 3.63) is 45.1 Å². The molecule has 0 fully saturated rings. The van der Waals surface area contributed by atoms with Gasteiger partial charge in [0.15, 0.2) is 4.77 Å². The maximum atomic E-state index is 9.19. The van der Waals surface area contributed by atoms with E-state index in [-0.39, 0.29) is 6.04 Å². The predicted octanol–water partition coefficient (Wildman–Crippen LogP) is 4.03. The van der Waals surface area contributed by atoms with Gasteiger partial charge in [0.2, 0.25) is 0 Å². The van der Waals surface area contributed by atoms with Crippen molar-refractivity contribution in [3.63, 3.8) is 0 Å². The van der Waals surface area contributed by atoms with Gasteiger partial charge in [-0.1, -0.05) is 13.0 Å². The van der Waals surface area contributed by atoms with E-state index in [0.29, 0.717) is 10.3 Å². The van der Waals surface area contributed by atoms with Gasteiger partial charge in [0.25, 0.3) is 0 Å². The number of para-hydroxylation sites is 1. The van der Waals surface area contributed by atoms with E-state index in [1.807, 2.05) is 23.7 Å². The van der Waals surface area contributed by atoms with Crippen molar-refractivity contribution in [1.29, 1.82) is 5.26 Å². The van der Waals surface area contributed by atoms with E-state index in [9.17, 15) is 5.26 Å². The molecule has 3 aromatic rings. The third kappa shape index (κ3) is 1.96. The Morgan fingerprint density at radius 3 is 3.05 bits per heavy atom. The summed E-state index contributed by atoms with van der Waals surface area (Å²) in [5.41, 5.74) is 2.37. The Morgan fingerprint density at radius 2 is 2.40 bits per heavy atom. The Labute approximate surface area is 125 Å². The highest BCUT2D eigenvalue weighted by Gasteiger charge is 2.19. The van der Waals surface area contributed by atoms with Crippen LogP contribution in [-0.2, 0) is 0 Å². The Kier molecular flexibility index (Phi) is 3.38. The van der Waals surface area contributed by atoms with Crippen molar-refractivity contribution in [2.75, 3.05) is 0 Å². The van der Waals surface area contributed by atoms with Crippen LogP contribution in [0.25, 0.3) is 11.0 Å². The normalized spacial score (nSPS) is 12.4. The minimum Gasteiger partial charge on any atom is -0.329 e. The van der Waals surface area contributed by atoms with Gasteiger partial charge < -0.3 is 9.55 Å². The van der Waals surface area contributed by atoms with Crippen LogP contribution in [0.5, 0.6) is 0 Å². The molecule has 20 heavy (non-hydrogen) atoms. The second kappa shape index (κ2) is 5.19. The maximum absolute atomic E-state index is 9.19. The molecule has 0 saturated heterocycles. The van der Waals surface area contributed by atoms with Gasteiger partial charge in [0.1, 0.15) is 11.1 Å². The number of imidazole rings is 1. The molecule has 0 amide bonds. The second-order valence-corrected chi connectivity index (χ2v) is 5.72. The molecule has 0 saturated carbocycles. The van der Waals surface area contributed by atoms with Crippen LogP contribution < -0.4 is 0 Å². The zero-order valence-electron chi connectivity index (χ0n) is 10.8. The molecule has 0 radical (unpaired) electrons. The fourth-order valence-corrected chi connectivity index (χ4v) is 3.56. The lowest BCUT2D eigenvalue weighted by Crippen LogP contribution is -2.09. The summed E-state index contributed by atoms with van der Waals surface area (Å²) >= 11 is 7.08.